The third-order valence-corrected chi connectivity index (χ3v) is 4.70. The van der Waals surface area contributed by atoms with E-state index >= 15 is 0 Å². The number of nitrogens with one attached hydrogen (secondary N) is 1. The molecule has 3 rings (SSSR count). The van der Waals surface area contributed by atoms with Crippen molar-refractivity contribution in [3.8, 4) is 5.75 Å². The normalized spacial score (nSPS) is 14.0. The highest BCUT2D eigenvalue weighted by Crippen LogP contribution is 2.28. The Morgan fingerprint density at radius 2 is 1.93 bits per heavy atom. The Labute approximate surface area is 160 Å². The standard InChI is InChI=1S/C20H27N5O2/c1-23(2)19-14-16(8-9-21-19)15-22-20(26)25-12-10-24(11-13-25)17-6-4-5-7-18(17)27-3/h4-9,14H,10-13,15H2,1-3H3,(H,22,26). The maximum Gasteiger partial charge on any atom is 0.317 e. The van der Waals surface area contributed by atoms with Crippen molar-refractivity contribution in [2.45, 2.75) is 6.54 Å². The molecule has 1 aliphatic heterocycles. The molecule has 1 N–H and O–H groups in total. The molecule has 144 valence electrons. The largest absolute Gasteiger partial charge is 0.495 e. The monoisotopic (exact) mass is 369 g/mol. The number of carbonyl (C=O) groups is 1. The molecule has 2 amide bonds. The first kappa shape index (κ1) is 18.8. The zero-order valence-corrected chi connectivity index (χ0v) is 16.2. The number of carbonyl (C=O) groups excluding carboxylic acids is 1. The fraction of sp³-hybridized carbons (Fsp3) is 0.400. The lowest BCUT2D eigenvalue weighted by molar-refractivity contribution is 0.194. The third kappa shape index (κ3) is 4.61. The van der Waals surface area contributed by atoms with E-state index in [4.69, 9.17) is 4.74 Å². The van der Waals surface area contributed by atoms with Crippen LogP contribution in [-0.4, -0.2) is 63.3 Å². The van der Waals surface area contributed by atoms with Crippen molar-refractivity contribution in [2.24, 2.45) is 0 Å². The number of urea groups is 1. The third-order valence-electron chi connectivity index (χ3n) is 4.70. The van der Waals surface area contributed by atoms with Gasteiger partial charge >= 0.3 is 6.03 Å². The van der Waals surface area contributed by atoms with Crippen molar-refractivity contribution < 1.29 is 9.53 Å². The van der Waals surface area contributed by atoms with Gasteiger partial charge in [-0.25, -0.2) is 9.78 Å². The number of nitrogens with zero attached hydrogens (tertiary/aromatic N) is 4. The molecule has 0 atom stereocenters. The smallest absolute Gasteiger partial charge is 0.317 e. The molecule has 1 aliphatic rings. The van der Waals surface area contributed by atoms with Crippen LogP contribution in [0, 0.1) is 0 Å². The number of methoxy groups -OCH3 is 1. The van der Waals surface area contributed by atoms with Crippen LogP contribution >= 0.6 is 0 Å². The van der Waals surface area contributed by atoms with Crippen LogP contribution in [0.5, 0.6) is 5.75 Å². The summed E-state index contributed by atoms with van der Waals surface area (Å²) in [6.45, 7) is 3.43. The highest BCUT2D eigenvalue weighted by atomic mass is 16.5. The van der Waals surface area contributed by atoms with Crippen LogP contribution in [0.1, 0.15) is 5.56 Å². The number of ether oxygens (including phenoxy) is 1. The van der Waals surface area contributed by atoms with E-state index in [1.165, 1.54) is 0 Å². The molecule has 0 spiro atoms. The molecule has 1 aromatic carbocycles. The molecule has 0 saturated carbocycles. The lowest BCUT2D eigenvalue weighted by Crippen LogP contribution is -2.51. The van der Waals surface area contributed by atoms with Crippen LogP contribution in [0.3, 0.4) is 0 Å². The number of amides is 2. The Morgan fingerprint density at radius 1 is 1.19 bits per heavy atom. The van der Waals surface area contributed by atoms with Crippen molar-refractivity contribution in [1.29, 1.82) is 0 Å². The highest BCUT2D eigenvalue weighted by Gasteiger charge is 2.22. The molecular formula is C20H27N5O2. The van der Waals surface area contributed by atoms with Gasteiger partial charge in [0.05, 0.1) is 12.8 Å². The number of anilines is 2. The number of benzene rings is 1. The molecule has 0 bridgehead atoms. The number of rotatable bonds is 5. The first-order valence-corrected chi connectivity index (χ1v) is 9.11. The van der Waals surface area contributed by atoms with E-state index in [0.717, 1.165) is 35.9 Å². The predicted molar refractivity (Wildman–Crippen MR) is 108 cm³/mol. The van der Waals surface area contributed by atoms with Crippen molar-refractivity contribution in [1.82, 2.24) is 15.2 Å². The van der Waals surface area contributed by atoms with Gasteiger partial charge in [-0.2, -0.15) is 0 Å². The predicted octanol–water partition coefficient (Wildman–Crippen LogP) is 2.19. The van der Waals surface area contributed by atoms with E-state index < -0.39 is 0 Å². The SMILES string of the molecule is COc1ccccc1N1CCN(C(=O)NCc2ccnc(N(C)C)c2)CC1. The highest BCUT2D eigenvalue weighted by molar-refractivity contribution is 5.74. The average molecular weight is 369 g/mol. The Bertz CT molecular complexity index is 772. The average Bonchev–Trinajstić information content (AvgIpc) is 2.72. The van der Waals surface area contributed by atoms with Gasteiger partial charge in [0, 0.05) is 53.0 Å². The van der Waals surface area contributed by atoms with Crippen molar-refractivity contribution in [3.05, 3.63) is 48.2 Å². The molecule has 2 aromatic rings. The molecule has 0 unspecified atom stereocenters. The summed E-state index contributed by atoms with van der Waals surface area (Å²) in [7, 11) is 5.58. The van der Waals surface area contributed by atoms with Crippen molar-refractivity contribution >= 4 is 17.5 Å². The molecule has 7 nitrogen and oxygen atoms in total. The topological polar surface area (TPSA) is 60.9 Å². The summed E-state index contributed by atoms with van der Waals surface area (Å²) < 4.78 is 5.44. The van der Waals surface area contributed by atoms with Crippen molar-refractivity contribution in [3.63, 3.8) is 0 Å². The number of piperazine rings is 1. The van der Waals surface area contributed by atoms with E-state index in [2.05, 4.69) is 21.3 Å². The van der Waals surface area contributed by atoms with Crippen LogP contribution in [0.4, 0.5) is 16.3 Å². The molecule has 0 radical (unpaired) electrons. The Morgan fingerprint density at radius 3 is 2.63 bits per heavy atom. The number of hydrogen-bond acceptors (Lipinski definition) is 5. The minimum atomic E-state index is -0.0297. The summed E-state index contributed by atoms with van der Waals surface area (Å²) in [5, 5.41) is 3.01. The Kier molecular flexibility index (Phi) is 6.01. The Balaban J connectivity index is 1.52. The number of hydrogen-bond donors (Lipinski definition) is 1. The van der Waals surface area contributed by atoms with Gasteiger partial charge in [-0.05, 0) is 29.8 Å². The van der Waals surface area contributed by atoms with E-state index in [1.807, 2.05) is 54.2 Å². The van der Waals surface area contributed by atoms with Gasteiger partial charge in [0.1, 0.15) is 11.6 Å². The van der Waals surface area contributed by atoms with Gasteiger partial charge in [-0.3, -0.25) is 0 Å². The fourth-order valence-corrected chi connectivity index (χ4v) is 3.15. The lowest BCUT2D eigenvalue weighted by atomic mass is 10.2. The molecular weight excluding hydrogens is 342 g/mol. The van der Waals surface area contributed by atoms with Gasteiger partial charge in [0.2, 0.25) is 0 Å². The summed E-state index contributed by atoms with van der Waals surface area (Å²) in [6.07, 6.45) is 1.77. The molecule has 27 heavy (non-hydrogen) atoms. The molecule has 0 aliphatic carbocycles. The first-order valence-electron chi connectivity index (χ1n) is 9.11. The maximum absolute atomic E-state index is 12.5. The molecule has 1 fully saturated rings. The van der Waals surface area contributed by atoms with Gasteiger partial charge in [0.15, 0.2) is 0 Å². The summed E-state index contributed by atoms with van der Waals surface area (Å²) in [5.41, 5.74) is 2.11. The van der Waals surface area contributed by atoms with Crippen LogP contribution in [0.15, 0.2) is 42.6 Å². The molecule has 2 heterocycles. The lowest BCUT2D eigenvalue weighted by Gasteiger charge is -2.36. The van der Waals surface area contributed by atoms with Gasteiger partial charge in [0.25, 0.3) is 0 Å². The quantitative estimate of drug-likeness (QED) is 0.875. The maximum atomic E-state index is 12.5. The second-order valence-electron chi connectivity index (χ2n) is 6.72. The second kappa shape index (κ2) is 8.62. The zero-order chi connectivity index (χ0) is 19.2. The van der Waals surface area contributed by atoms with Crippen LogP contribution in [-0.2, 0) is 6.54 Å². The van der Waals surface area contributed by atoms with E-state index in [0.29, 0.717) is 19.6 Å². The summed E-state index contributed by atoms with van der Waals surface area (Å²) in [5.74, 6) is 1.75. The molecule has 7 heteroatoms. The number of aromatic nitrogens is 1. The number of para-hydroxylation sites is 2. The van der Waals surface area contributed by atoms with E-state index in [-0.39, 0.29) is 6.03 Å². The number of pyridine rings is 1. The Hall–Kier alpha value is -2.96. The van der Waals surface area contributed by atoms with Crippen LogP contribution < -0.4 is 19.9 Å². The van der Waals surface area contributed by atoms with Gasteiger partial charge < -0.3 is 24.8 Å². The second-order valence-corrected chi connectivity index (χ2v) is 6.72. The fourth-order valence-electron chi connectivity index (χ4n) is 3.15. The summed E-state index contributed by atoms with van der Waals surface area (Å²) in [6, 6.07) is 11.9. The summed E-state index contributed by atoms with van der Waals surface area (Å²) >= 11 is 0. The first-order chi connectivity index (χ1) is 13.1. The zero-order valence-electron chi connectivity index (χ0n) is 16.2. The minimum absolute atomic E-state index is 0.0297. The van der Waals surface area contributed by atoms with E-state index in [9.17, 15) is 4.79 Å². The van der Waals surface area contributed by atoms with Crippen LogP contribution in [0.25, 0.3) is 0 Å². The van der Waals surface area contributed by atoms with Crippen molar-refractivity contribution in [2.75, 3.05) is 57.2 Å². The summed E-state index contributed by atoms with van der Waals surface area (Å²) in [4.78, 5) is 22.9. The van der Waals surface area contributed by atoms with E-state index in [1.54, 1.807) is 13.3 Å². The molecule has 1 aromatic heterocycles. The minimum Gasteiger partial charge on any atom is -0.495 e. The molecule has 1 saturated heterocycles. The van der Waals surface area contributed by atoms with Crippen LogP contribution in [0.2, 0.25) is 0 Å². The van der Waals surface area contributed by atoms with Gasteiger partial charge in [-0.15, -0.1) is 0 Å². The van der Waals surface area contributed by atoms with Gasteiger partial charge in [-0.1, -0.05) is 12.1 Å².